The normalized spacial score (nSPS) is 10.4. The Kier molecular flexibility index (Phi) is 5.22. The lowest BCUT2D eigenvalue weighted by Crippen LogP contribution is -2.29. The number of benzene rings is 1. The number of hydrogen-bond donors (Lipinski definition) is 1. The van der Waals surface area contributed by atoms with Crippen LogP contribution in [0.3, 0.4) is 0 Å². The molecule has 0 aliphatic rings. The topological polar surface area (TPSA) is 56.1 Å². The van der Waals surface area contributed by atoms with Crippen LogP contribution >= 0.6 is 11.6 Å². The Labute approximate surface area is 128 Å². The Bertz CT molecular complexity index is 625. The molecular weight excluding hydrogens is 290 g/mol. The monoisotopic (exact) mass is 307 g/mol. The molecule has 0 bridgehead atoms. The molecule has 0 aliphatic carbocycles. The number of methoxy groups -OCH3 is 1. The van der Waals surface area contributed by atoms with E-state index in [9.17, 15) is 4.79 Å². The van der Waals surface area contributed by atoms with Crippen molar-refractivity contribution in [1.29, 1.82) is 0 Å². The molecule has 6 heteroatoms. The minimum Gasteiger partial charge on any atom is -0.497 e. The Morgan fingerprint density at radius 1 is 1.48 bits per heavy atom. The van der Waals surface area contributed by atoms with Crippen LogP contribution in [0.4, 0.5) is 0 Å². The van der Waals surface area contributed by atoms with Gasteiger partial charge in [0.15, 0.2) is 0 Å². The lowest BCUT2D eigenvalue weighted by atomic mass is 10.1. The second-order valence-electron chi connectivity index (χ2n) is 4.77. The first-order valence-electron chi connectivity index (χ1n) is 6.66. The molecule has 0 aliphatic heterocycles. The number of rotatable bonds is 6. The molecule has 1 aromatic carbocycles. The van der Waals surface area contributed by atoms with E-state index in [0.717, 1.165) is 16.9 Å². The van der Waals surface area contributed by atoms with Crippen LogP contribution in [0, 0.1) is 6.92 Å². The highest BCUT2D eigenvalue weighted by atomic mass is 35.5. The van der Waals surface area contributed by atoms with Gasteiger partial charge in [0, 0.05) is 17.8 Å². The Morgan fingerprint density at radius 2 is 2.29 bits per heavy atom. The van der Waals surface area contributed by atoms with Gasteiger partial charge in [0.1, 0.15) is 12.3 Å². The van der Waals surface area contributed by atoms with E-state index in [1.165, 1.54) is 0 Å². The molecule has 0 spiro atoms. The maximum absolute atomic E-state index is 11.8. The van der Waals surface area contributed by atoms with Gasteiger partial charge in [0.2, 0.25) is 5.91 Å². The predicted molar refractivity (Wildman–Crippen MR) is 81.7 cm³/mol. The number of aryl methyl sites for hydroxylation is 1. The third-order valence-corrected chi connectivity index (χ3v) is 3.41. The minimum atomic E-state index is -0.0721. The highest BCUT2D eigenvalue weighted by Gasteiger charge is 2.06. The second-order valence-corrected chi connectivity index (χ2v) is 5.18. The van der Waals surface area contributed by atoms with E-state index >= 15 is 0 Å². The number of carbonyl (C=O) groups is 1. The Hall–Kier alpha value is -2.01. The number of amides is 1. The van der Waals surface area contributed by atoms with Crippen molar-refractivity contribution in [3.05, 3.63) is 46.7 Å². The highest BCUT2D eigenvalue weighted by Crippen LogP contribution is 2.22. The number of nitrogens with one attached hydrogen (secondary N) is 1. The van der Waals surface area contributed by atoms with Gasteiger partial charge in [0.05, 0.1) is 13.3 Å². The number of nitrogens with zero attached hydrogens (tertiary/aromatic N) is 2. The summed E-state index contributed by atoms with van der Waals surface area (Å²) in [5.41, 5.74) is 1.98. The van der Waals surface area contributed by atoms with Crippen molar-refractivity contribution in [2.75, 3.05) is 13.7 Å². The van der Waals surface area contributed by atoms with Crippen LogP contribution in [-0.2, 0) is 17.8 Å². The third-order valence-electron chi connectivity index (χ3n) is 3.04. The molecule has 1 heterocycles. The fourth-order valence-electron chi connectivity index (χ4n) is 1.96. The number of ether oxygens (including phenoxy) is 1. The Morgan fingerprint density at radius 3 is 2.95 bits per heavy atom. The number of carbonyl (C=O) groups excluding carboxylic acids is 1. The van der Waals surface area contributed by atoms with Gasteiger partial charge in [-0.3, -0.25) is 9.48 Å². The van der Waals surface area contributed by atoms with Crippen LogP contribution in [0.1, 0.15) is 11.1 Å². The fraction of sp³-hybridized carbons (Fsp3) is 0.333. The van der Waals surface area contributed by atoms with E-state index in [1.54, 1.807) is 24.1 Å². The van der Waals surface area contributed by atoms with Gasteiger partial charge in [-0.2, -0.15) is 5.10 Å². The molecule has 5 nitrogen and oxygen atoms in total. The largest absolute Gasteiger partial charge is 0.497 e. The average Bonchev–Trinajstić information content (AvgIpc) is 2.86. The van der Waals surface area contributed by atoms with Gasteiger partial charge < -0.3 is 10.1 Å². The van der Waals surface area contributed by atoms with E-state index in [0.29, 0.717) is 18.0 Å². The summed E-state index contributed by atoms with van der Waals surface area (Å²) in [6.07, 6.45) is 4.21. The van der Waals surface area contributed by atoms with Crippen molar-refractivity contribution in [3.8, 4) is 5.75 Å². The molecule has 0 saturated heterocycles. The average molecular weight is 308 g/mol. The molecule has 0 unspecified atom stereocenters. The van der Waals surface area contributed by atoms with Crippen LogP contribution in [0.2, 0.25) is 5.02 Å². The van der Waals surface area contributed by atoms with Gasteiger partial charge >= 0.3 is 0 Å². The van der Waals surface area contributed by atoms with Gasteiger partial charge in [-0.15, -0.1) is 0 Å². The zero-order valence-electron chi connectivity index (χ0n) is 12.1. The first-order valence-corrected chi connectivity index (χ1v) is 7.04. The molecule has 112 valence electrons. The van der Waals surface area contributed by atoms with Gasteiger partial charge in [-0.25, -0.2) is 0 Å². The summed E-state index contributed by atoms with van der Waals surface area (Å²) >= 11 is 6.12. The van der Waals surface area contributed by atoms with Crippen LogP contribution in [0.25, 0.3) is 0 Å². The molecule has 0 atom stereocenters. The molecule has 2 aromatic rings. The predicted octanol–water partition coefficient (Wildman–Crippen LogP) is 2.21. The Balaban J connectivity index is 1.82. The van der Waals surface area contributed by atoms with Crippen LogP contribution in [0.15, 0.2) is 30.6 Å². The van der Waals surface area contributed by atoms with E-state index in [4.69, 9.17) is 16.3 Å². The quantitative estimate of drug-likeness (QED) is 0.890. The van der Waals surface area contributed by atoms with Crippen molar-refractivity contribution >= 4 is 17.5 Å². The zero-order valence-corrected chi connectivity index (χ0v) is 12.9. The molecule has 1 N–H and O–H groups in total. The van der Waals surface area contributed by atoms with E-state index in [2.05, 4.69) is 10.4 Å². The third kappa shape index (κ3) is 4.49. The number of aromatic nitrogens is 2. The number of hydrogen-bond acceptors (Lipinski definition) is 3. The SMILES string of the molecule is COc1ccc(Cl)c(CCNC(=O)Cn2cc(C)cn2)c1. The summed E-state index contributed by atoms with van der Waals surface area (Å²) in [5, 5.41) is 7.61. The van der Waals surface area contributed by atoms with Crippen LogP contribution < -0.4 is 10.1 Å². The summed E-state index contributed by atoms with van der Waals surface area (Å²) in [4.78, 5) is 11.8. The molecule has 1 amide bonds. The molecule has 1 aromatic heterocycles. The second kappa shape index (κ2) is 7.13. The molecule has 0 fully saturated rings. The van der Waals surface area contributed by atoms with Crippen LogP contribution in [0.5, 0.6) is 5.75 Å². The van der Waals surface area contributed by atoms with Crippen LogP contribution in [-0.4, -0.2) is 29.3 Å². The zero-order chi connectivity index (χ0) is 15.2. The summed E-state index contributed by atoms with van der Waals surface area (Å²) in [6, 6.07) is 5.49. The molecular formula is C15H18ClN3O2. The summed E-state index contributed by atoms with van der Waals surface area (Å²) in [6.45, 7) is 2.68. The van der Waals surface area contributed by atoms with Gasteiger partial charge in [-0.1, -0.05) is 11.6 Å². The van der Waals surface area contributed by atoms with E-state index in [1.807, 2.05) is 25.3 Å². The summed E-state index contributed by atoms with van der Waals surface area (Å²) in [5.74, 6) is 0.685. The smallest absolute Gasteiger partial charge is 0.241 e. The van der Waals surface area contributed by atoms with Crippen molar-refractivity contribution in [2.24, 2.45) is 0 Å². The fourth-order valence-corrected chi connectivity index (χ4v) is 2.17. The summed E-state index contributed by atoms with van der Waals surface area (Å²) < 4.78 is 6.78. The van der Waals surface area contributed by atoms with Gasteiger partial charge in [0.25, 0.3) is 0 Å². The first-order chi connectivity index (χ1) is 10.1. The van der Waals surface area contributed by atoms with Gasteiger partial charge in [-0.05, 0) is 42.7 Å². The molecule has 2 rings (SSSR count). The van der Waals surface area contributed by atoms with Crippen molar-refractivity contribution in [2.45, 2.75) is 19.9 Å². The van der Waals surface area contributed by atoms with Crippen molar-refractivity contribution in [1.82, 2.24) is 15.1 Å². The van der Waals surface area contributed by atoms with E-state index in [-0.39, 0.29) is 12.5 Å². The maximum Gasteiger partial charge on any atom is 0.241 e. The molecule has 0 saturated carbocycles. The molecule has 0 radical (unpaired) electrons. The standard InChI is InChI=1S/C15H18ClN3O2/c1-11-8-18-19(9-11)10-15(20)17-6-5-12-7-13(21-2)3-4-14(12)16/h3-4,7-9H,5-6,10H2,1-2H3,(H,17,20). The summed E-state index contributed by atoms with van der Waals surface area (Å²) in [7, 11) is 1.61. The lowest BCUT2D eigenvalue weighted by molar-refractivity contribution is -0.121. The van der Waals surface area contributed by atoms with Crippen molar-refractivity contribution in [3.63, 3.8) is 0 Å². The minimum absolute atomic E-state index is 0.0721. The van der Waals surface area contributed by atoms with Crippen molar-refractivity contribution < 1.29 is 9.53 Å². The highest BCUT2D eigenvalue weighted by molar-refractivity contribution is 6.31. The maximum atomic E-state index is 11.8. The van der Waals surface area contributed by atoms with E-state index < -0.39 is 0 Å². The lowest BCUT2D eigenvalue weighted by Gasteiger charge is -2.08. The molecule has 21 heavy (non-hydrogen) atoms. The number of halogens is 1. The first kappa shape index (κ1) is 15.4.